The number of carbonyl (C=O) groups is 1. The third kappa shape index (κ3) is 4.47. The van der Waals surface area contributed by atoms with E-state index in [0.29, 0.717) is 19.7 Å². The molecule has 8 nitrogen and oxygen atoms in total. The Morgan fingerprint density at radius 3 is 2.83 bits per heavy atom. The van der Waals surface area contributed by atoms with Crippen LogP contribution in [0.1, 0.15) is 22.8 Å². The van der Waals surface area contributed by atoms with E-state index in [1.807, 2.05) is 25.3 Å². The third-order valence-corrected chi connectivity index (χ3v) is 6.71. The van der Waals surface area contributed by atoms with Crippen LogP contribution in [0.2, 0.25) is 5.02 Å². The number of hydrogen-bond donors (Lipinski definition) is 3. The molecule has 0 radical (unpaired) electrons. The Kier molecular flexibility index (Phi) is 7.37. The number of hydroxylamine groups is 1. The molecule has 11 heteroatoms. The number of hydrogen-bond acceptors (Lipinski definition) is 8. The van der Waals surface area contributed by atoms with Crippen molar-refractivity contribution in [3.63, 3.8) is 0 Å². The van der Waals surface area contributed by atoms with Gasteiger partial charge in [-0.1, -0.05) is 36.4 Å². The molecule has 0 aliphatic heterocycles. The summed E-state index contributed by atoms with van der Waals surface area (Å²) >= 11 is 9.02. The molecule has 30 heavy (non-hydrogen) atoms. The molecule has 0 atom stereocenters. The number of aliphatic hydroxyl groups is 1. The highest BCUT2D eigenvalue weighted by molar-refractivity contribution is 8.00. The molecule has 0 saturated heterocycles. The molecular weight excluding hydrogens is 448 g/mol. The number of aromatic nitrogens is 2. The maximum Gasteiger partial charge on any atom is 0.280 e. The SMILES string of the molecule is CCc1ccc(Nc2c(C(=O)NOCCO)c3nc(SC)sc3c(=O)n2C)c(Cl)c1. The van der Waals surface area contributed by atoms with Crippen LogP contribution in [-0.2, 0) is 18.3 Å². The first-order chi connectivity index (χ1) is 14.4. The van der Waals surface area contributed by atoms with Crippen molar-refractivity contribution < 1.29 is 14.7 Å². The van der Waals surface area contributed by atoms with Gasteiger partial charge in [0.1, 0.15) is 21.6 Å². The predicted octanol–water partition coefficient (Wildman–Crippen LogP) is 3.33. The summed E-state index contributed by atoms with van der Waals surface area (Å²) in [5.74, 6) is -0.354. The van der Waals surface area contributed by atoms with Crippen molar-refractivity contribution in [2.24, 2.45) is 7.05 Å². The van der Waals surface area contributed by atoms with Crippen LogP contribution in [0, 0.1) is 0 Å². The topological polar surface area (TPSA) is 105 Å². The molecule has 1 amide bonds. The summed E-state index contributed by atoms with van der Waals surface area (Å²) in [6, 6.07) is 5.55. The predicted molar refractivity (Wildman–Crippen MR) is 121 cm³/mol. The van der Waals surface area contributed by atoms with Crippen molar-refractivity contribution in [1.82, 2.24) is 15.0 Å². The Hall–Kier alpha value is -2.11. The number of nitrogens with one attached hydrogen (secondary N) is 2. The first-order valence-electron chi connectivity index (χ1n) is 9.07. The van der Waals surface area contributed by atoms with E-state index in [2.05, 4.69) is 15.8 Å². The van der Waals surface area contributed by atoms with Crippen molar-refractivity contribution in [2.45, 2.75) is 17.7 Å². The van der Waals surface area contributed by atoms with Gasteiger partial charge < -0.3 is 10.4 Å². The number of carbonyl (C=O) groups excluding carboxylic acids is 1. The zero-order valence-corrected chi connectivity index (χ0v) is 19.0. The Bertz CT molecular complexity index is 1150. The molecule has 2 aromatic heterocycles. The number of amides is 1. The zero-order chi connectivity index (χ0) is 21.8. The van der Waals surface area contributed by atoms with Gasteiger partial charge in [0.05, 0.1) is 23.9 Å². The number of halogens is 1. The first kappa shape index (κ1) is 22.6. The van der Waals surface area contributed by atoms with E-state index in [-0.39, 0.29) is 35.7 Å². The lowest BCUT2D eigenvalue weighted by Gasteiger charge is -2.17. The number of benzene rings is 1. The van der Waals surface area contributed by atoms with Gasteiger partial charge in [-0.2, -0.15) is 0 Å². The summed E-state index contributed by atoms with van der Waals surface area (Å²) in [6.45, 7) is 1.71. The molecule has 3 N–H and O–H groups in total. The van der Waals surface area contributed by atoms with Gasteiger partial charge in [-0.3, -0.25) is 19.0 Å². The number of aliphatic hydroxyl groups excluding tert-OH is 1. The molecule has 0 bridgehead atoms. The lowest BCUT2D eigenvalue weighted by atomic mass is 10.1. The van der Waals surface area contributed by atoms with Crippen LogP contribution in [0.5, 0.6) is 0 Å². The van der Waals surface area contributed by atoms with Crippen molar-refractivity contribution in [2.75, 3.05) is 24.8 Å². The fourth-order valence-corrected chi connectivity index (χ4v) is 4.61. The first-order valence-corrected chi connectivity index (χ1v) is 11.5. The minimum absolute atomic E-state index is 0.0686. The maximum absolute atomic E-state index is 12.9. The molecular formula is C19H21ClN4O4S2. The van der Waals surface area contributed by atoms with Crippen LogP contribution in [0.4, 0.5) is 11.5 Å². The molecule has 2 heterocycles. The summed E-state index contributed by atoms with van der Waals surface area (Å²) < 4.78 is 2.39. The van der Waals surface area contributed by atoms with E-state index in [1.165, 1.54) is 27.7 Å². The molecule has 160 valence electrons. The Morgan fingerprint density at radius 2 is 2.20 bits per heavy atom. The monoisotopic (exact) mass is 468 g/mol. The molecule has 1 aromatic carbocycles. The van der Waals surface area contributed by atoms with Crippen LogP contribution in [-0.4, -0.2) is 40.0 Å². The van der Waals surface area contributed by atoms with Crippen molar-refractivity contribution >= 4 is 62.3 Å². The third-order valence-electron chi connectivity index (χ3n) is 4.37. The fraction of sp³-hybridized carbons (Fsp3) is 0.316. The van der Waals surface area contributed by atoms with E-state index in [9.17, 15) is 9.59 Å². The largest absolute Gasteiger partial charge is 0.394 e. The van der Waals surface area contributed by atoms with Crippen molar-refractivity contribution in [3.8, 4) is 0 Å². The van der Waals surface area contributed by atoms with E-state index < -0.39 is 5.91 Å². The summed E-state index contributed by atoms with van der Waals surface area (Å²) in [5.41, 5.74) is 4.06. The van der Waals surface area contributed by atoms with E-state index in [0.717, 1.165) is 12.0 Å². The van der Waals surface area contributed by atoms with Crippen LogP contribution in [0.3, 0.4) is 0 Å². The molecule has 0 fully saturated rings. The number of pyridine rings is 1. The Morgan fingerprint density at radius 1 is 1.43 bits per heavy atom. The van der Waals surface area contributed by atoms with Gasteiger partial charge >= 0.3 is 0 Å². The smallest absolute Gasteiger partial charge is 0.280 e. The number of fused-ring (bicyclic) bond motifs is 1. The second-order valence-electron chi connectivity index (χ2n) is 6.25. The van der Waals surface area contributed by atoms with Crippen molar-refractivity contribution in [1.29, 1.82) is 0 Å². The van der Waals surface area contributed by atoms with Gasteiger partial charge in [-0.05, 0) is 30.4 Å². The average Bonchev–Trinajstić information content (AvgIpc) is 3.17. The lowest BCUT2D eigenvalue weighted by molar-refractivity contribution is 0.0169. The van der Waals surface area contributed by atoms with Gasteiger partial charge in [0.25, 0.3) is 11.5 Å². The lowest BCUT2D eigenvalue weighted by Crippen LogP contribution is -2.30. The van der Waals surface area contributed by atoms with Gasteiger partial charge in [-0.25, -0.2) is 10.5 Å². The summed E-state index contributed by atoms with van der Waals surface area (Å²) in [6.07, 6.45) is 2.68. The van der Waals surface area contributed by atoms with E-state index in [1.54, 1.807) is 13.1 Å². The second kappa shape index (κ2) is 9.80. The van der Waals surface area contributed by atoms with Crippen LogP contribution in [0.25, 0.3) is 10.2 Å². The molecule has 0 aliphatic carbocycles. The van der Waals surface area contributed by atoms with Gasteiger partial charge in [-0.15, -0.1) is 11.3 Å². The highest BCUT2D eigenvalue weighted by Crippen LogP contribution is 2.33. The van der Waals surface area contributed by atoms with Gasteiger partial charge in [0, 0.05) is 7.05 Å². The molecule has 3 aromatic rings. The average molecular weight is 469 g/mol. The molecule has 0 saturated carbocycles. The number of thiazole rings is 1. The zero-order valence-electron chi connectivity index (χ0n) is 16.6. The normalized spacial score (nSPS) is 11.1. The van der Waals surface area contributed by atoms with E-state index >= 15 is 0 Å². The van der Waals surface area contributed by atoms with Gasteiger partial charge in [0.2, 0.25) is 0 Å². The van der Waals surface area contributed by atoms with Crippen LogP contribution < -0.4 is 16.4 Å². The number of anilines is 2. The fourth-order valence-electron chi connectivity index (χ4n) is 2.82. The van der Waals surface area contributed by atoms with Gasteiger partial charge in [0.15, 0.2) is 4.34 Å². The molecule has 0 unspecified atom stereocenters. The Balaban J connectivity index is 2.18. The molecule has 3 rings (SSSR count). The number of nitrogens with zero attached hydrogens (tertiary/aromatic N) is 2. The summed E-state index contributed by atoms with van der Waals surface area (Å²) in [7, 11) is 1.57. The number of aryl methyl sites for hydroxylation is 1. The standard InChI is InChI=1S/C19H21ClN4O4S2/c1-4-10-5-6-12(11(20)9-10)21-16-13(17(26)23-28-8-7-25)14-15(18(27)24(16)2)30-19(22-14)29-3/h5-6,9,21,25H,4,7-8H2,1-3H3,(H,23,26). The highest BCUT2D eigenvalue weighted by atomic mass is 35.5. The maximum atomic E-state index is 12.9. The molecule has 0 spiro atoms. The molecule has 0 aliphatic rings. The van der Waals surface area contributed by atoms with Crippen LogP contribution >= 0.6 is 34.7 Å². The highest BCUT2D eigenvalue weighted by Gasteiger charge is 2.25. The Labute approximate surface area is 186 Å². The quantitative estimate of drug-likeness (QED) is 0.264. The summed E-state index contributed by atoms with van der Waals surface area (Å²) in [5, 5.41) is 12.5. The van der Waals surface area contributed by atoms with Crippen LogP contribution in [0.15, 0.2) is 27.3 Å². The minimum atomic E-state index is -0.592. The number of rotatable bonds is 8. The van der Waals surface area contributed by atoms with Crippen molar-refractivity contribution in [3.05, 3.63) is 44.7 Å². The minimum Gasteiger partial charge on any atom is -0.394 e. The second-order valence-corrected chi connectivity index (χ2v) is 8.71. The number of thioether (sulfide) groups is 1. The van der Waals surface area contributed by atoms with E-state index in [4.69, 9.17) is 21.5 Å². The summed E-state index contributed by atoms with van der Waals surface area (Å²) in [4.78, 5) is 35.3.